The zero-order valence-electron chi connectivity index (χ0n) is 12.4. The molecule has 0 aliphatic rings. The van der Waals surface area contributed by atoms with Crippen molar-refractivity contribution in [2.24, 2.45) is 11.7 Å². The van der Waals surface area contributed by atoms with Gasteiger partial charge in [-0.25, -0.2) is 4.79 Å². The number of primary amides is 1. The third-order valence-electron chi connectivity index (χ3n) is 2.67. The number of nitrogens with one attached hydrogen (secondary N) is 2. The summed E-state index contributed by atoms with van der Waals surface area (Å²) in [5.74, 6) is -0.253. The largest absolute Gasteiger partial charge is 0.469 e. The SMILES string of the molecule is COC(=O)CCCCNC(=O)C(CC(C)C)NC(N)=O. The Labute approximate surface area is 119 Å². The van der Waals surface area contributed by atoms with Crippen LogP contribution < -0.4 is 16.4 Å². The van der Waals surface area contributed by atoms with E-state index in [1.54, 1.807) is 0 Å². The molecule has 7 heteroatoms. The number of carbonyl (C=O) groups is 3. The maximum absolute atomic E-state index is 11.9. The summed E-state index contributed by atoms with van der Waals surface area (Å²) in [6, 6.07) is -1.33. The van der Waals surface area contributed by atoms with Gasteiger partial charge in [0.25, 0.3) is 0 Å². The Morgan fingerprint density at radius 3 is 2.35 bits per heavy atom. The number of urea groups is 1. The minimum Gasteiger partial charge on any atom is -0.469 e. The number of hydrogen-bond acceptors (Lipinski definition) is 4. The predicted octanol–water partition coefficient (Wildman–Crippen LogP) is 0.529. The molecule has 3 amide bonds. The summed E-state index contributed by atoms with van der Waals surface area (Å²) >= 11 is 0. The van der Waals surface area contributed by atoms with Gasteiger partial charge in [-0.05, 0) is 25.2 Å². The third kappa shape index (κ3) is 9.18. The molecule has 0 saturated heterocycles. The molecule has 0 fully saturated rings. The minimum absolute atomic E-state index is 0.254. The number of rotatable bonds is 9. The number of methoxy groups -OCH3 is 1. The average molecular weight is 287 g/mol. The lowest BCUT2D eigenvalue weighted by molar-refractivity contribution is -0.140. The highest BCUT2D eigenvalue weighted by molar-refractivity contribution is 5.86. The first kappa shape index (κ1) is 18.2. The molecule has 20 heavy (non-hydrogen) atoms. The molecular weight excluding hydrogens is 262 g/mol. The second kappa shape index (κ2) is 10.1. The summed E-state index contributed by atoms with van der Waals surface area (Å²) in [4.78, 5) is 33.6. The van der Waals surface area contributed by atoms with Gasteiger partial charge in [0.05, 0.1) is 7.11 Å². The Hall–Kier alpha value is -1.79. The van der Waals surface area contributed by atoms with Crippen molar-refractivity contribution < 1.29 is 19.1 Å². The highest BCUT2D eigenvalue weighted by Gasteiger charge is 2.20. The molecule has 1 unspecified atom stereocenters. The molecule has 0 aliphatic carbocycles. The normalized spacial score (nSPS) is 11.8. The van der Waals surface area contributed by atoms with Crippen molar-refractivity contribution in [1.82, 2.24) is 10.6 Å². The lowest BCUT2D eigenvalue weighted by Gasteiger charge is -2.19. The molecule has 7 nitrogen and oxygen atoms in total. The van der Waals surface area contributed by atoms with Gasteiger partial charge in [-0.15, -0.1) is 0 Å². The molecule has 0 aromatic rings. The Morgan fingerprint density at radius 1 is 1.20 bits per heavy atom. The first-order valence-corrected chi connectivity index (χ1v) is 6.77. The van der Waals surface area contributed by atoms with Crippen molar-refractivity contribution in [2.45, 2.75) is 45.6 Å². The molecule has 0 bridgehead atoms. The van der Waals surface area contributed by atoms with Crippen LogP contribution in [0.2, 0.25) is 0 Å². The Morgan fingerprint density at radius 2 is 1.85 bits per heavy atom. The van der Waals surface area contributed by atoms with Crippen LogP contribution in [0.4, 0.5) is 4.79 Å². The molecule has 0 radical (unpaired) electrons. The van der Waals surface area contributed by atoms with E-state index in [9.17, 15) is 14.4 Å². The number of hydrogen-bond donors (Lipinski definition) is 3. The van der Waals surface area contributed by atoms with Crippen molar-refractivity contribution in [2.75, 3.05) is 13.7 Å². The number of amides is 3. The number of esters is 1. The molecule has 0 rings (SSSR count). The summed E-state index contributed by atoms with van der Waals surface area (Å²) < 4.78 is 4.52. The smallest absolute Gasteiger partial charge is 0.312 e. The van der Waals surface area contributed by atoms with E-state index in [-0.39, 0.29) is 17.8 Å². The van der Waals surface area contributed by atoms with Crippen LogP contribution >= 0.6 is 0 Å². The molecule has 0 aromatic heterocycles. The van der Waals surface area contributed by atoms with Crippen LogP contribution in [0.3, 0.4) is 0 Å². The van der Waals surface area contributed by atoms with Gasteiger partial charge < -0.3 is 21.1 Å². The summed E-state index contributed by atoms with van der Waals surface area (Å²) in [5.41, 5.74) is 5.05. The predicted molar refractivity (Wildman–Crippen MR) is 74.8 cm³/mol. The fourth-order valence-electron chi connectivity index (χ4n) is 1.71. The molecule has 0 aliphatic heterocycles. The van der Waals surface area contributed by atoms with Gasteiger partial charge in [-0.2, -0.15) is 0 Å². The molecule has 0 heterocycles. The monoisotopic (exact) mass is 287 g/mol. The minimum atomic E-state index is -0.712. The Kier molecular flexibility index (Phi) is 9.15. The highest BCUT2D eigenvalue weighted by Crippen LogP contribution is 2.05. The first-order chi connectivity index (χ1) is 9.36. The summed E-state index contributed by atoms with van der Waals surface area (Å²) in [6.07, 6.45) is 2.18. The van der Waals surface area contributed by atoms with E-state index < -0.39 is 12.1 Å². The van der Waals surface area contributed by atoms with E-state index in [0.29, 0.717) is 32.2 Å². The van der Waals surface area contributed by atoms with Gasteiger partial charge in [0.1, 0.15) is 6.04 Å². The summed E-state index contributed by atoms with van der Waals surface area (Å²) in [6.45, 7) is 4.36. The average Bonchev–Trinajstić information content (AvgIpc) is 2.35. The van der Waals surface area contributed by atoms with Gasteiger partial charge in [-0.1, -0.05) is 13.8 Å². The van der Waals surface area contributed by atoms with Crippen LogP contribution in [0, 0.1) is 5.92 Å². The second-order valence-corrected chi connectivity index (χ2v) is 5.01. The fourth-order valence-corrected chi connectivity index (χ4v) is 1.71. The van der Waals surface area contributed by atoms with Crippen LogP contribution in [-0.2, 0) is 14.3 Å². The van der Waals surface area contributed by atoms with Crippen molar-refractivity contribution >= 4 is 17.9 Å². The molecular formula is C13H25N3O4. The van der Waals surface area contributed by atoms with E-state index in [1.807, 2.05) is 13.8 Å². The van der Waals surface area contributed by atoms with Crippen molar-refractivity contribution in [3.63, 3.8) is 0 Å². The topological polar surface area (TPSA) is 111 Å². The van der Waals surface area contributed by atoms with Gasteiger partial charge in [0.2, 0.25) is 5.91 Å². The Bertz CT molecular complexity index is 332. The van der Waals surface area contributed by atoms with E-state index in [0.717, 1.165) is 0 Å². The number of ether oxygens (including phenoxy) is 1. The van der Waals surface area contributed by atoms with E-state index in [2.05, 4.69) is 15.4 Å². The van der Waals surface area contributed by atoms with E-state index in [1.165, 1.54) is 7.11 Å². The van der Waals surface area contributed by atoms with Crippen molar-refractivity contribution in [3.05, 3.63) is 0 Å². The third-order valence-corrected chi connectivity index (χ3v) is 2.67. The van der Waals surface area contributed by atoms with E-state index in [4.69, 9.17) is 5.73 Å². The number of nitrogens with two attached hydrogens (primary N) is 1. The molecule has 116 valence electrons. The molecule has 1 atom stereocenters. The lowest BCUT2D eigenvalue weighted by atomic mass is 10.0. The summed E-state index contributed by atoms with van der Waals surface area (Å²) in [5, 5.41) is 5.16. The lowest BCUT2D eigenvalue weighted by Crippen LogP contribution is -2.49. The standard InChI is InChI=1S/C13H25N3O4/c1-9(2)8-10(16-13(14)19)12(18)15-7-5-4-6-11(17)20-3/h9-10H,4-8H2,1-3H3,(H,15,18)(H3,14,16,19). The van der Waals surface area contributed by atoms with Gasteiger partial charge in [0, 0.05) is 13.0 Å². The highest BCUT2D eigenvalue weighted by atomic mass is 16.5. The van der Waals surface area contributed by atoms with Crippen LogP contribution in [0.1, 0.15) is 39.5 Å². The quantitative estimate of drug-likeness (QED) is 0.424. The van der Waals surface area contributed by atoms with Gasteiger partial charge in [-0.3, -0.25) is 9.59 Å². The maximum atomic E-state index is 11.9. The van der Waals surface area contributed by atoms with Crippen molar-refractivity contribution in [1.29, 1.82) is 0 Å². The molecule has 4 N–H and O–H groups in total. The summed E-state index contributed by atoms with van der Waals surface area (Å²) in [7, 11) is 1.34. The molecule has 0 saturated carbocycles. The maximum Gasteiger partial charge on any atom is 0.312 e. The fraction of sp³-hybridized carbons (Fsp3) is 0.769. The van der Waals surface area contributed by atoms with Gasteiger partial charge in [0.15, 0.2) is 0 Å². The van der Waals surface area contributed by atoms with Crippen LogP contribution in [-0.4, -0.2) is 37.6 Å². The van der Waals surface area contributed by atoms with Crippen molar-refractivity contribution in [3.8, 4) is 0 Å². The molecule has 0 spiro atoms. The van der Waals surface area contributed by atoms with E-state index >= 15 is 0 Å². The number of unbranched alkanes of at least 4 members (excludes halogenated alkanes) is 1. The second-order valence-electron chi connectivity index (χ2n) is 5.01. The zero-order chi connectivity index (χ0) is 15.5. The number of carbonyl (C=O) groups excluding carboxylic acids is 3. The first-order valence-electron chi connectivity index (χ1n) is 6.77. The van der Waals surface area contributed by atoms with Gasteiger partial charge >= 0.3 is 12.0 Å². The molecule has 0 aromatic carbocycles. The van der Waals surface area contributed by atoms with Crippen LogP contribution in [0.25, 0.3) is 0 Å². The van der Waals surface area contributed by atoms with Crippen LogP contribution in [0.5, 0.6) is 0 Å². The Balaban J connectivity index is 4.00. The van der Waals surface area contributed by atoms with Crippen LogP contribution in [0.15, 0.2) is 0 Å². The zero-order valence-corrected chi connectivity index (χ0v) is 12.4.